The van der Waals surface area contributed by atoms with Gasteiger partial charge in [0, 0.05) is 22.5 Å². The van der Waals surface area contributed by atoms with Crippen LogP contribution in [0.4, 0.5) is 11.4 Å². The molecular weight excluding hydrogens is 348 g/mol. The summed E-state index contributed by atoms with van der Waals surface area (Å²) in [6, 6.07) is 4.38. The highest BCUT2D eigenvalue weighted by Gasteiger charge is 2.18. The van der Waals surface area contributed by atoms with Gasteiger partial charge in [0.1, 0.15) is 16.4 Å². The van der Waals surface area contributed by atoms with Gasteiger partial charge in [0.05, 0.1) is 4.92 Å². The van der Waals surface area contributed by atoms with E-state index in [2.05, 4.69) is 26.2 Å². The van der Waals surface area contributed by atoms with E-state index in [9.17, 15) is 14.9 Å². The lowest BCUT2D eigenvalue weighted by Crippen LogP contribution is -2.14. The molecule has 0 saturated heterocycles. The first kappa shape index (κ1) is 14.6. The molecule has 2 rings (SSSR count). The molecule has 0 aliphatic carbocycles. The van der Waals surface area contributed by atoms with E-state index in [-0.39, 0.29) is 23.6 Å². The predicted molar refractivity (Wildman–Crippen MR) is 78.8 cm³/mol. The maximum atomic E-state index is 12.0. The van der Waals surface area contributed by atoms with Crippen LogP contribution in [0.25, 0.3) is 0 Å². The number of carbonyl (C=O) groups excluding carboxylic acids is 1. The number of benzene rings is 1. The zero-order valence-electron chi connectivity index (χ0n) is 10.00. The minimum atomic E-state index is -0.563. The summed E-state index contributed by atoms with van der Waals surface area (Å²) in [6.07, 6.45) is 0. The van der Waals surface area contributed by atoms with Gasteiger partial charge in [-0.2, -0.15) is 0 Å². The maximum Gasteiger partial charge on any atom is 0.293 e. The number of nitrogens with zero attached hydrogens (tertiary/aromatic N) is 2. The molecule has 0 radical (unpaired) electrons. The summed E-state index contributed by atoms with van der Waals surface area (Å²) in [5, 5.41) is 15.6. The standard InChI is InChI=1S/C11H9BrN4O3S/c12-6-1-2-7(9(3-6)16(18)19)15-11(17)8-5-20-10(4-13)14-8/h1-3,5H,4,13H2,(H,15,17). The quantitative estimate of drug-likeness (QED) is 0.645. The summed E-state index contributed by atoms with van der Waals surface area (Å²) in [4.78, 5) is 26.4. The van der Waals surface area contributed by atoms with Crippen molar-refractivity contribution >= 4 is 44.5 Å². The third-order valence-corrected chi connectivity index (χ3v) is 3.73. The fourth-order valence-corrected chi connectivity index (χ4v) is 2.46. The van der Waals surface area contributed by atoms with Gasteiger partial charge in [0.2, 0.25) is 0 Å². The average Bonchev–Trinajstić information content (AvgIpc) is 2.89. The number of rotatable bonds is 4. The number of hydrogen-bond donors (Lipinski definition) is 2. The Bertz CT molecular complexity index is 673. The molecule has 0 atom stereocenters. The molecule has 0 fully saturated rings. The molecule has 0 spiro atoms. The van der Waals surface area contributed by atoms with E-state index in [1.54, 1.807) is 11.4 Å². The van der Waals surface area contributed by atoms with E-state index < -0.39 is 10.8 Å². The van der Waals surface area contributed by atoms with Crippen LogP contribution >= 0.6 is 27.3 Å². The fourth-order valence-electron chi connectivity index (χ4n) is 1.46. The monoisotopic (exact) mass is 356 g/mol. The van der Waals surface area contributed by atoms with Crippen molar-refractivity contribution in [3.05, 3.63) is 48.9 Å². The lowest BCUT2D eigenvalue weighted by Gasteiger charge is -2.04. The van der Waals surface area contributed by atoms with Crippen LogP contribution in [0.3, 0.4) is 0 Å². The van der Waals surface area contributed by atoms with E-state index in [4.69, 9.17) is 5.73 Å². The summed E-state index contributed by atoms with van der Waals surface area (Å²) in [6.45, 7) is 0.246. The van der Waals surface area contributed by atoms with Crippen molar-refractivity contribution in [2.75, 3.05) is 5.32 Å². The molecule has 1 amide bonds. The van der Waals surface area contributed by atoms with Gasteiger partial charge in [-0.05, 0) is 12.1 Å². The third kappa shape index (κ3) is 3.18. The molecule has 1 aromatic carbocycles. The molecular formula is C11H9BrN4O3S. The number of amides is 1. The van der Waals surface area contributed by atoms with Crippen LogP contribution in [-0.2, 0) is 6.54 Å². The van der Waals surface area contributed by atoms with Gasteiger partial charge in [0.25, 0.3) is 11.6 Å². The van der Waals surface area contributed by atoms with Gasteiger partial charge in [-0.1, -0.05) is 15.9 Å². The van der Waals surface area contributed by atoms with Crippen molar-refractivity contribution in [3.63, 3.8) is 0 Å². The zero-order valence-corrected chi connectivity index (χ0v) is 12.4. The van der Waals surface area contributed by atoms with Gasteiger partial charge in [-0.3, -0.25) is 14.9 Å². The van der Waals surface area contributed by atoms with Crippen molar-refractivity contribution < 1.29 is 9.72 Å². The molecule has 104 valence electrons. The van der Waals surface area contributed by atoms with Gasteiger partial charge < -0.3 is 11.1 Å². The maximum absolute atomic E-state index is 12.0. The van der Waals surface area contributed by atoms with Gasteiger partial charge in [-0.25, -0.2) is 4.98 Å². The Morgan fingerprint density at radius 1 is 1.55 bits per heavy atom. The second-order valence-corrected chi connectivity index (χ2v) is 5.56. The Balaban J connectivity index is 2.25. The summed E-state index contributed by atoms with van der Waals surface area (Å²) in [7, 11) is 0. The Labute approximate surface area is 126 Å². The topological polar surface area (TPSA) is 111 Å². The molecule has 0 bridgehead atoms. The molecule has 0 unspecified atom stereocenters. The molecule has 0 aliphatic rings. The summed E-state index contributed by atoms with van der Waals surface area (Å²) in [5.74, 6) is -0.508. The van der Waals surface area contributed by atoms with E-state index in [1.807, 2.05) is 0 Å². The van der Waals surface area contributed by atoms with Gasteiger partial charge in [-0.15, -0.1) is 11.3 Å². The van der Waals surface area contributed by atoms with Gasteiger partial charge in [0.15, 0.2) is 0 Å². The number of nitro benzene ring substituents is 1. The Kier molecular flexibility index (Phi) is 4.42. The van der Waals surface area contributed by atoms with Crippen molar-refractivity contribution in [1.82, 2.24) is 4.98 Å². The number of thiazole rings is 1. The first-order valence-corrected chi connectivity index (χ1v) is 7.08. The predicted octanol–water partition coefficient (Wildman–Crippen LogP) is 2.52. The summed E-state index contributed by atoms with van der Waals surface area (Å²) < 4.78 is 0.557. The number of halogens is 1. The minimum absolute atomic E-state index is 0.116. The van der Waals surface area contributed by atoms with Crippen LogP contribution < -0.4 is 11.1 Å². The fraction of sp³-hybridized carbons (Fsp3) is 0.0909. The van der Waals surface area contributed by atoms with Crippen molar-refractivity contribution in [2.24, 2.45) is 5.73 Å². The Hall–Kier alpha value is -1.84. The summed E-state index contributed by atoms with van der Waals surface area (Å²) >= 11 is 4.41. The largest absolute Gasteiger partial charge is 0.325 e. The molecule has 1 heterocycles. The number of anilines is 1. The number of hydrogen-bond acceptors (Lipinski definition) is 6. The van der Waals surface area contributed by atoms with E-state index in [0.717, 1.165) is 0 Å². The second-order valence-electron chi connectivity index (χ2n) is 3.70. The lowest BCUT2D eigenvalue weighted by atomic mass is 10.2. The minimum Gasteiger partial charge on any atom is -0.325 e. The number of aromatic nitrogens is 1. The van der Waals surface area contributed by atoms with Crippen LogP contribution in [0.5, 0.6) is 0 Å². The first-order valence-electron chi connectivity index (χ1n) is 5.41. The van der Waals surface area contributed by atoms with E-state index in [1.165, 1.54) is 23.5 Å². The van der Waals surface area contributed by atoms with Crippen LogP contribution in [-0.4, -0.2) is 15.8 Å². The Morgan fingerprint density at radius 2 is 2.30 bits per heavy atom. The average molecular weight is 357 g/mol. The normalized spacial score (nSPS) is 10.3. The van der Waals surface area contributed by atoms with Crippen LogP contribution in [0.15, 0.2) is 28.1 Å². The molecule has 3 N–H and O–H groups in total. The molecule has 9 heteroatoms. The van der Waals surface area contributed by atoms with Crippen molar-refractivity contribution in [1.29, 1.82) is 0 Å². The number of nitrogens with two attached hydrogens (primary N) is 1. The Morgan fingerprint density at radius 3 is 2.90 bits per heavy atom. The van der Waals surface area contributed by atoms with Crippen LogP contribution in [0.1, 0.15) is 15.5 Å². The third-order valence-electron chi connectivity index (χ3n) is 2.36. The highest BCUT2D eigenvalue weighted by atomic mass is 79.9. The highest BCUT2D eigenvalue weighted by Crippen LogP contribution is 2.28. The highest BCUT2D eigenvalue weighted by molar-refractivity contribution is 9.10. The second kappa shape index (κ2) is 6.07. The summed E-state index contributed by atoms with van der Waals surface area (Å²) in [5.41, 5.74) is 5.53. The number of carbonyl (C=O) groups is 1. The molecule has 0 saturated carbocycles. The van der Waals surface area contributed by atoms with Gasteiger partial charge >= 0.3 is 0 Å². The van der Waals surface area contributed by atoms with E-state index >= 15 is 0 Å². The number of nitrogens with one attached hydrogen (secondary N) is 1. The smallest absolute Gasteiger partial charge is 0.293 e. The molecule has 2 aromatic rings. The van der Waals surface area contributed by atoms with E-state index in [0.29, 0.717) is 9.48 Å². The van der Waals surface area contributed by atoms with Crippen LogP contribution in [0, 0.1) is 10.1 Å². The van der Waals surface area contributed by atoms with Crippen LogP contribution in [0.2, 0.25) is 0 Å². The molecule has 7 nitrogen and oxygen atoms in total. The first-order chi connectivity index (χ1) is 9.51. The van der Waals surface area contributed by atoms with Crippen molar-refractivity contribution in [2.45, 2.75) is 6.54 Å². The lowest BCUT2D eigenvalue weighted by molar-refractivity contribution is -0.384. The molecule has 20 heavy (non-hydrogen) atoms. The zero-order chi connectivity index (χ0) is 14.7. The number of nitro groups is 1. The SMILES string of the molecule is NCc1nc(C(=O)Nc2ccc(Br)cc2[N+](=O)[O-])cs1. The molecule has 1 aromatic heterocycles. The van der Waals surface area contributed by atoms with Crippen molar-refractivity contribution in [3.8, 4) is 0 Å². The molecule has 0 aliphatic heterocycles.